The lowest BCUT2D eigenvalue weighted by Gasteiger charge is -2.38. The van der Waals surface area contributed by atoms with E-state index < -0.39 is 11.5 Å². The topological polar surface area (TPSA) is 84.7 Å². The minimum Gasteiger partial charge on any atom is -0.381 e. The van der Waals surface area contributed by atoms with E-state index in [4.69, 9.17) is 22.1 Å². The van der Waals surface area contributed by atoms with E-state index in [9.17, 15) is 9.59 Å². The lowest BCUT2D eigenvalue weighted by molar-refractivity contribution is -0.139. The number of ether oxygens (including phenoxy) is 1. The van der Waals surface area contributed by atoms with Crippen molar-refractivity contribution in [1.29, 1.82) is 0 Å². The van der Waals surface area contributed by atoms with Gasteiger partial charge >= 0.3 is 0 Å². The van der Waals surface area contributed by atoms with Crippen LogP contribution in [0.5, 0.6) is 0 Å². The molecular weight excluding hydrogens is 377 g/mol. The number of benzene rings is 1. The molecule has 2 aliphatic heterocycles. The third kappa shape index (κ3) is 4.14. The molecule has 26 heavy (non-hydrogen) atoms. The van der Waals surface area contributed by atoms with Crippen LogP contribution in [0.1, 0.15) is 25.7 Å². The Balaban J connectivity index is 0.00000243. The lowest BCUT2D eigenvalue weighted by atomic mass is 9.79. The van der Waals surface area contributed by atoms with Crippen LogP contribution in [0.4, 0.5) is 5.69 Å². The Morgan fingerprint density at radius 2 is 2.04 bits per heavy atom. The van der Waals surface area contributed by atoms with Gasteiger partial charge in [0.05, 0.1) is 16.1 Å². The number of nitrogens with two attached hydrogens (primary N) is 1. The maximum atomic E-state index is 12.9. The highest BCUT2D eigenvalue weighted by Crippen LogP contribution is 2.31. The van der Waals surface area contributed by atoms with Crippen LogP contribution in [0.25, 0.3) is 0 Å². The van der Waals surface area contributed by atoms with Gasteiger partial charge in [0.25, 0.3) is 0 Å². The highest BCUT2D eigenvalue weighted by atomic mass is 35.5. The predicted molar refractivity (Wildman–Crippen MR) is 104 cm³/mol. The molecule has 3 rings (SSSR count). The minimum absolute atomic E-state index is 0. The van der Waals surface area contributed by atoms with Crippen molar-refractivity contribution in [1.82, 2.24) is 5.32 Å². The molecule has 1 aromatic rings. The van der Waals surface area contributed by atoms with Crippen molar-refractivity contribution in [3.8, 4) is 0 Å². The second-order valence-corrected chi connectivity index (χ2v) is 7.11. The van der Waals surface area contributed by atoms with Crippen LogP contribution >= 0.6 is 24.0 Å². The molecule has 0 bridgehead atoms. The molecule has 2 fully saturated rings. The summed E-state index contributed by atoms with van der Waals surface area (Å²) < 4.78 is 5.35. The highest BCUT2D eigenvalue weighted by Gasteiger charge is 2.41. The first-order valence-electron chi connectivity index (χ1n) is 8.72. The number of anilines is 1. The molecule has 1 aromatic carbocycles. The summed E-state index contributed by atoms with van der Waals surface area (Å²) in [6, 6.07) is 6.73. The maximum absolute atomic E-state index is 12.9. The summed E-state index contributed by atoms with van der Waals surface area (Å²) in [7, 11) is 0. The number of carbonyl (C=O) groups is 2. The fourth-order valence-electron chi connectivity index (χ4n) is 3.52. The molecule has 0 aromatic heterocycles. The van der Waals surface area contributed by atoms with Gasteiger partial charge in [0.15, 0.2) is 0 Å². The molecule has 3 N–H and O–H groups in total. The molecule has 0 spiro atoms. The summed E-state index contributed by atoms with van der Waals surface area (Å²) in [6.45, 7) is 1.91. The molecule has 0 aliphatic carbocycles. The lowest BCUT2D eigenvalue weighted by Crippen LogP contribution is -2.57. The van der Waals surface area contributed by atoms with Crippen molar-refractivity contribution >= 4 is 41.5 Å². The number of hydrogen-bond acceptors (Lipinski definition) is 4. The van der Waals surface area contributed by atoms with Crippen LogP contribution < -0.4 is 16.0 Å². The third-order valence-electron chi connectivity index (χ3n) is 5.21. The summed E-state index contributed by atoms with van der Waals surface area (Å²) >= 11 is 6.23. The number of nitrogens with zero attached hydrogens (tertiary/aromatic N) is 1. The van der Waals surface area contributed by atoms with Crippen molar-refractivity contribution in [2.75, 3.05) is 31.2 Å². The molecule has 8 heteroatoms. The number of carbonyl (C=O) groups excluding carboxylic acids is 2. The second kappa shape index (κ2) is 9.04. The zero-order valence-electron chi connectivity index (χ0n) is 14.6. The Morgan fingerprint density at radius 3 is 2.69 bits per heavy atom. The Kier molecular flexibility index (Phi) is 7.29. The van der Waals surface area contributed by atoms with E-state index in [2.05, 4.69) is 5.32 Å². The molecule has 2 saturated heterocycles. The summed E-state index contributed by atoms with van der Waals surface area (Å²) in [5.74, 6) is -0.260. The number of amides is 2. The van der Waals surface area contributed by atoms with Crippen LogP contribution in [0.15, 0.2) is 24.3 Å². The van der Waals surface area contributed by atoms with Gasteiger partial charge < -0.3 is 20.7 Å². The first-order valence-corrected chi connectivity index (χ1v) is 9.10. The summed E-state index contributed by atoms with van der Waals surface area (Å²) in [4.78, 5) is 27.4. The normalized spacial score (nSPS) is 22.5. The smallest absolute Gasteiger partial charge is 0.249 e. The molecule has 144 valence electrons. The van der Waals surface area contributed by atoms with Gasteiger partial charge in [-0.25, -0.2) is 0 Å². The van der Waals surface area contributed by atoms with E-state index in [1.807, 2.05) is 18.2 Å². The number of rotatable bonds is 4. The molecule has 2 aliphatic rings. The van der Waals surface area contributed by atoms with E-state index >= 15 is 0 Å². The average Bonchev–Trinajstić information content (AvgIpc) is 2.64. The zero-order chi connectivity index (χ0) is 17.9. The van der Waals surface area contributed by atoms with E-state index in [1.165, 1.54) is 0 Å². The predicted octanol–water partition coefficient (Wildman–Crippen LogP) is 2.13. The van der Waals surface area contributed by atoms with Gasteiger partial charge in [-0.05, 0) is 37.8 Å². The largest absolute Gasteiger partial charge is 0.381 e. The monoisotopic (exact) mass is 401 g/mol. The van der Waals surface area contributed by atoms with Crippen LogP contribution in [-0.4, -0.2) is 44.2 Å². The fraction of sp³-hybridized carbons (Fsp3) is 0.556. The summed E-state index contributed by atoms with van der Waals surface area (Å²) in [6.07, 6.45) is 2.61. The van der Waals surface area contributed by atoms with Gasteiger partial charge in [0.1, 0.15) is 6.04 Å². The van der Waals surface area contributed by atoms with E-state index in [1.54, 1.807) is 11.0 Å². The molecule has 1 atom stereocenters. The average molecular weight is 402 g/mol. The molecule has 2 heterocycles. The first kappa shape index (κ1) is 21.0. The van der Waals surface area contributed by atoms with Crippen LogP contribution in [0, 0.1) is 5.41 Å². The van der Waals surface area contributed by atoms with Crippen molar-refractivity contribution in [2.45, 2.75) is 31.7 Å². The molecule has 6 nitrogen and oxygen atoms in total. The number of para-hydroxylation sites is 1. The fourth-order valence-corrected chi connectivity index (χ4v) is 3.75. The molecule has 2 amide bonds. The third-order valence-corrected chi connectivity index (χ3v) is 5.53. The number of piperidine rings is 1. The van der Waals surface area contributed by atoms with Crippen molar-refractivity contribution < 1.29 is 14.3 Å². The Labute approximate surface area is 164 Å². The van der Waals surface area contributed by atoms with Gasteiger partial charge in [-0.3, -0.25) is 9.59 Å². The maximum Gasteiger partial charge on any atom is 0.249 e. The van der Waals surface area contributed by atoms with Crippen molar-refractivity contribution in [2.24, 2.45) is 11.1 Å². The molecule has 0 saturated carbocycles. The van der Waals surface area contributed by atoms with Crippen LogP contribution in [0.2, 0.25) is 5.02 Å². The molecule has 1 unspecified atom stereocenters. The summed E-state index contributed by atoms with van der Waals surface area (Å²) in [5, 5.41) is 3.47. The molecular formula is C18H25Cl2N3O3. The van der Waals surface area contributed by atoms with E-state index in [0.29, 0.717) is 49.7 Å². The Morgan fingerprint density at radius 1 is 1.35 bits per heavy atom. The van der Waals surface area contributed by atoms with Crippen molar-refractivity contribution in [3.63, 3.8) is 0 Å². The number of hydrogen-bond donors (Lipinski definition) is 2. The minimum atomic E-state index is -0.634. The summed E-state index contributed by atoms with van der Waals surface area (Å²) in [5.41, 5.74) is 5.94. The Hall–Kier alpha value is -1.34. The van der Waals surface area contributed by atoms with Gasteiger partial charge in [0, 0.05) is 26.3 Å². The quantitative estimate of drug-likeness (QED) is 0.808. The van der Waals surface area contributed by atoms with E-state index in [-0.39, 0.29) is 30.8 Å². The van der Waals surface area contributed by atoms with Gasteiger partial charge in [-0.2, -0.15) is 0 Å². The number of halogens is 2. The Bertz CT molecular complexity index is 650. The molecule has 0 radical (unpaired) electrons. The van der Waals surface area contributed by atoms with Crippen LogP contribution in [-0.2, 0) is 14.3 Å². The second-order valence-electron chi connectivity index (χ2n) is 6.71. The van der Waals surface area contributed by atoms with Crippen LogP contribution in [0.3, 0.4) is 0 Å². The van der Waals surface area contributed by atoms with Gasteiger partial charge in [0.2, 0.25) is 11.8 Å². The van der Waals surface area contributed by atoms with Gasteiger partial charge in [-0.1, -0.05) is 23.7 Å². The highest BCUT2D eigenvalue weighted by molar-refractivity contribution is 6.33. The standard InChI is InChI=1S/C18H24ClN3O3.ClH/c19-13-4-1-2-6-15(13)22-9-3-5-14(16(22)23)21-17(24)18(12-20)7-10-25-11-8-18;/h1-2,4,6,14H,3,5,7-12,20H2,(H,21,24);1H. The SMILES string of the molecule is Cl.NCC1(C(=O)NC2CCCN(c3ccccc3Cl)C2=O)CCOCC1. The van der Waals surface area contributed by atoms with Gasteiger partial charge in [-0.15, -0.1) is 12.4 Å². The van der Waals surface area contributed by atoms with E-state index in [0.717, 1.165) is 6.42 Å². The first-order chi connectivity index (χ1) is 12.1. The zero-order valence-corrected chi connectivity index (χ0v) is 16.2. The number of nitrogens with one attached hydrogen (secondary N) is 1. The van der Waals surface area contributed by atoms with Crippen molar-refractivity contribution in [3.05, 3.63) is 29.3 Å².